The highest BCUT2D eigenvalue weighted by molar-refractivity contribution is 5.91. The molecule has 1 aliphatic rings. The van der Waals surface area contributed by atoms with Crippen molar-refractivity contribution in [2.24, 2.45) is 5.41 Å². The van der Waals surface area contributed by atoms with Gasteiger partial charge in [0, 0.05) is 0 Å². The average Bonchev–Trinajstić information content (AvgIpc) is 2.84. The maximum Gasteiger partial charge on any atom is 0.339 e. The van der Waals surface area contributed by atoms with Crippen molar-refractivity contribution in [3.63, 3.8) is 0 Å². The number of carbonyl (C=O) groups excluding carboxylic acids is 1. The smallest absolute Gasteiger partial charge is 0.339 e. The van der Waals surface area contributed by atoms with Crippen LogP contribution in [0.25, 0.3) is 10.8 Å². The molecule has 0 heterocycles. The minimum Gasteiger partial charge on any atom is -0.496 e. The molecule has 6 heteroatoms. The number of fused-ring (bicyclic) bond motifs is 1. The van der Waals surface area contributed by atoms with Gasteiger partial charge in [-0.2, -0.15) is 0 Å². The molecule has 0 radical (unpaired) electrons. The lowest BCUT2D eigenvalue weighted by molar-refractivity contribution is -0.159. The number of hydrogen-bond donors (Lipinski definition) is 1. The van der Waals surface area contributed by atoms with E-state index in [0.29, 0.717) is 37.2 Å². The van der Waals surface area contributed by atoms with Gasteiger partial charge in [-0.15, -0.1) is 0 Å². The van der Waals surface area contributed by atoms with Crippen molar-refractivity contribution in [3.05, 3.63) is 71.3 Å². The van der Waals surface area contributed by atoms with Crippen molar-refractivity contribution in [3.8, 4) is 11.5 Å². The summed E-state index contributed by atoms with van der Waals surface area (Å²) in [4.78, 5) is 24.5. The van der Waals surface area contributed by atoms with E-state index in [1.807, 2.05) is 56.3 Å². The fraction of sp³-hybridized carbons (Fsp3) is 0.357. The lowest BCUT2D eigenvalue weighted by Gasteiger charge is -2.35. The van der Waals surface area contributed by atoms with Gasteiger partial charge in [-0.1, -0.05) is 42.5 Å². The summed E-state index contributed by atoms with van der Waals surface area (Å²) in [5.41, 5.74) is 1.31. The summed E-state index contributed by atoms with van der Waals surface area (Å²) in [6.45, 7) is 4.07. The molecule has 4 rings (SSSR count). The number of benzene rings is 3. The standard InChI is InChI=1S/C28H30O6/c1-18-15-25(32-3)23(26(29)30)16-24(18)34-21-11-13-28(2,14-12-21)27(31)33-17-20-9-6-8-19-7-4-5-10-22(19)20/h4-10,15-16,21H,11-14,17H2,1-3H3,(H,29,30). The first-order chi connectivity index (χ1) is 16.3. The lowest BCUT2D eigenvalue weighted by Crippen LogP contribution is -2.37. The Labute approximate surface area is 199 Å². The second kappa shape index (κ2) is 9.75. The first-order valence-corrected chi connectivity index (χ1v) is 11.5. The molecule has 3 aromatic carbocycles. The van der Waals surface area contributed by atoms with Gasteiger partial charge in [0.25, 0.3) is 0 Å². The number of esters is 1. The molecule has 1 aliphatic carbocycles. The van der Waals surface area contributed by atoms with Crippen LogP contribution in [0.1, 0.15) is 54.1 Å². The molecule has 3 aromatic rings. The van der Waals surface area contributed by atoms with Crippen molar-refractivity contribution in [1.29, 1.82) is 0 Å². The lowest BCUT2D eigenvalue weighted by atomic mass is 9.74. The number of methoxy groups -OCH3 is 1. The van der Waals surface area contributed by atoms with Crippen LogP contribution in [0.5, 0.6) is 11.5 Å². The van der Waals surface area contributed by atoms with Crippen molar-refractivity contribution in [2.45, 2.75) is 52.2 Å². The predicted molar refractivity (Wildman–Crippen MR) is 129 cm³/mol. The maximum absolute atomic E-state index is 13.0. The summed E-state index contributed by atoms with van der Waals surface area (Å²) in [5.74, 6) is -0.410. The molecule has 34 heavy (non-hydrogen) atoms. The summed E-state index contributed by atoms with van der Waals surface area (Å²) >= 11 is 0. The predicted octanol–water partition coefficient (Wildman–Crippen LogP) is 5.93. The zero-order valence-electron chi connectivity index (χ0n) is 19.8. The molecule has 0 atom stereocenters. The molecule has 1 saturated carbocycles. The number of ether oxygens (including phenoxy) is 3. The molecular weight excluding hydrogens is 432 g/mol. The number of aromatic carboxylic acids is 1. The van der Waals surface area contributed by atoms with Gasteiger partial charge < -0.3 is 19.3 Å². The Morgan fingerprint density at radius 2 is 1.74 bits per heavy atom. The molecule has 0 aliphatic heterocycles. The Hall–Kier alpha value is -3.54. The van der Waals surface area contributed by atoms with Crippen LogP contribution in [0.4, 0.5) is 0 Å². The Balaban J connectivity index is 1.37. The van der Waals surface area contributed by atoms with Crippen LogP contribution in [-0.2, 0) is 16.1 Å². The van der Waals surface area contributed by atoms with Gasteiger partial charge in [-0.05, 0) is 73.6 Å². The summed E-state index contributed by atoms with van der Waals surface area (Å²) in [6.07, 6.45) is 2.58. The Bertz CT molecular complexity index is 1200. The number of carboxylic acid groups (broad SMARTS) is 1. The Morgan fingerprint density at radius 3 is 2.44 bits per heavy atom. The molecule has 0 aromatic heterocycles. The van der Waals surface area contributed by atoms with E-state index in [2.05, 4.69) is 0 Å². The minimum absolute atomic E-state index is 0.0701. The molecular formula is C28H30O6. The van der Waals surface area contributed by atoms with Gasteiger partial charge >= 0.3 is 11.9 Å². The maximum atomic E-state index is 13.0. The van der Waals surface area contributed by atoms with Crippen LogP contribution in [0, 0.1) is 12.3 Å². The van der Waals surface area contributed by atoms with E-state index in [4.69, 9.17) is 14.2 Å². The topological polar surface area (TPSA) is 82.1 Å². The zero-order valence-corrected chi connectivity index (χ0v) is 19.8. The summed E-state index contributed by atoms with van der Waals surface area (Å²) < 4.78 is 17.1. The van der Waals surface area contributed by atoms with Gasteiger partial charge in [0.15, 0.2) is 0 Å². The monoisotopic (exact) mass is 462 g/mol. The average molecular weight is 463 g/mol. The van der Waals surface area contributed by atoms with E-state index in [1.54, 1.807) is 6.07 Å². The quantitative estimate of drug-likeness (QED) is 0.439. The molecule has 1 N–H and O–H groups in total. The fourth-order valence-corrected chi connectivity index (χ4v) is 4.59. The second-order valence-electron chi connectivity index (χ2n) is 9.22. The van der Waals surface area contributed by atoms with E-state index < -0.39 is 11.4 Å². The molecule has 0 bridgehead atoms. The molecule has 178 valence electrons. The van der Waals surface area contributed by atoms with E-state index in [0.717, 1.165) is 21.9 Å². The fourth-order valence-electron chi connectivity index (χ4n) is 4.59. The number of aryl methyl sites for hydroxylation is 1. The van der Waals surface area contributed by atoms with Crippen LogP contribution >= 0.6 is 0 Å². The Kier molecular flexibility index (Phi) is 6.77. The second-order valence-corrected chi connectivity index (χ2v) is 9.22. The highest BCUT2D eigenvalue weighted by Gasteiger charge is 2.39. The summed E-state index contributed by atoms with van der Waals surface area (Å²) in [7, 11) is 1.45. The van der Waals surface area contributed by atoms with E-state index in [-0.39, 0.29) is 24.2 Å². The zero-order chi connectivity index (χ0) is 24.3. The van der Waals surface area contributed by atoms with E-state index in [9.17, 15) is 14.7 Å². The van der Waals surface area contributed by atoms with Crippen LogP contribution in [0.3, 0.4) is 0 Å². The normalized spacial score (nSPS) is 20.0. The van der Waals surface area contributed by atoms with Gasteiger partial charge in [0.2, 0.25) is 0 Å². The van der Waals surface area contributed by atoms with Crippen LogP contribution in [0.2, 0.25) is 0 Å². The van der Waals surface area contributed by atoms with Crippen molar-refractivity contribution < 1.29 is 28.9 Å². The Morgan fingerprint density at radius 1 is 1.03 bits per heavy atom. The SMILES string of the molecule is COc1cc(C)c(OC2CCC(C)(C(=O)OCc3cccc4ccccc34)CC2)cc1C(=O)O. The van der Waals surface area contributed by atoms with Gasteiger partial charge in [0.1, 0.15) is 23.7 Å². The molecule has 6 nitrogen and oxygen atoms in total. The minimum atomic E-state index is -1.06. The number of carboxylic acids is 1. The number of hydrogen-bond acceptors (Lipinski definition) is 5. The van der Waals surface area contributed by atoms with Crippen LogP contribution in [-0.4, -0.2) is 30.3 Å². The number of rotatable bonds is 7. The first-order valence-electron chi connectivity index (χ1n) is 11.5. The largest absolute Gasteiger partial charge is 0.496 e. The first kappa shape index (κ1) is 23.6. The van der Waals surface area contributed by atoms with Gasteiger partial charge in [-0.25, -0.2) is 4.79 Å². The molecule has 0 unspecified atom stereocenters. The molecule has 0 amide bonds. The highest BCUT2D eigenvalue weighted by Crippen LogP contribution is 2.40. The third kappa shape index (κ3) is 4.86. The third-order valence-electron chi connectivity index (χ3n) is 6.79. The van der Waals surface area contributed by atoms with Gasteiger partial charge in [0.05, 0.1) is 18.6 Å². The van der Waals surface area contributed by atoms with E-state index >= 15 is 0 Å². The molecule has 1 fully saturated rings. The molecule has 0 saturated heterocycles. The van der Waals surface area contributed by atoms with Crippen molar-refractivity contribution >= 4 is 22.7 Å². The van der Waals surface area contributed by atoms with Crippen molar-refractivity contribution in [2.75, 3.05) is 7.11 Å². The highest BCUT2D eigenvalue weighted by atomic mass is 16.5. The summed E-state index contributed by atoms with van der Waals surface area (Å²) in [5, 5.41) is 11.7. The van der Waals surface area contributed by atoms with Crippen LogP contribution < -0.4 is 9.47 Å². The van der Waals surface area contributed by atoms with Crippen molar-refractivity contribution in [1.82, 2.24) is 0 Å². The third-order valence-corrected chi connectivity index (χ3v) is 6.79. The van der Waals surface area contributed by atoms with E-state index in [1.165, 1.54) is 13.2 Å². The molecule has 0 spiro atoms. The number of carbonyl (C=O) groups is 2. The van der Waals surface area contributed by atoms with Gasteiger partial charge in [-0.3, -0.25) is 4.79 Å². The van der Waals surface area contributed by atoms with Crippen LogP contribution in [0.15, 0.2) is 54.6 Å². The summed E-state index contributed by atoms with van der Waals surface area (Å²) in [6, 6.07) is 17.3.